The molecule has 0 amide bonds. The zero-order valence-electron chi connectivity index (χ0n) is 7.34. The Kier molecular flexibility index (Phi) is 5.75. The van der Waals surface area contributed by atoms with Crippen LogP contribution in [0.5, 0.6) is 0 Å². The first-order chi connectivity index (χ1) is 5.58. The average Bonchev–Trinajstić information content (AvgIpc) is 2.02. The molecule has 0 saturated carbocycles. The summed E-state index contributed by atoms with van der Waals surface area (Å²) in [4.78, 5) is 3.78. The van der Waals surface area contributed by atoms with Crippen LogP contribution in [0, 0.1) is 0 Å². The zero-order chi connectivity index (χ0) is 9.03. The molecule has 0 bridgehead atoms. The second-order valence-corrected chi connectivity index (χ2v) is 3.96. The molecule has 1 heterocycles. The van der Waals surface area contributed by atoms with Gasteiger partial charge in [0.1, 0.15) is 0 Å². The van der Waals surface area contributed by atoms with Gasteiger partial charge in [-0.05, 0) is 24.1 Å². The van der Waals surface area contributed by atoms with E-state index in [1.54, 1.807) is 24.5 Å². The van der Waals surface area contributed by atoms with Crippen molar-refractivity contribution in [1.82, 2.24) is 4.98 Å². The maximum atomic E-state index is 10.3. The van der Waals surface area contributed by atoms with Crippen molar-refractivity contribution in [3.63, 3.8) is 0 Å². The van der Waals surface area contributed by atoms with Gasteiger partial charge in [0, 0.05) is 42.0 Å². The third kappa shape index (κ3) is 6.17. The van der Waals surface area contributed by atoms with Crippen LogP contribution in [0.1, 0.15) is 5.56 Å². The summed E-state index contributed by atoms with van der Waals surface area (Å²) in [5.41, 5.74) is 0.850. The maximum absolute atomic E-state index is 10.3. The van der Waals surface area contributed by atoms with Gasteiger partial charge >= 0.3 is 0 Å². The maximum Gasteiger partial charge on any atom is 0.265 e. The van der Waals surface area contributed by atoms with Crippen LogP contribution >= 0.6 is 0 Å². The predicted molar refractivity (Wildman–Crippen MR) is 50.1 cm³/mol. The number of aryl methyl sites for hydroxylation is 1. The number of hydrogen-bond donors (Lipinski definition) is 1. The Hall–Kier alpha value is 0.0600. The summed E-state index contributed by atoms with van der Waals surface area (Å²) >= 11 is 0. The molecule has 13 heavy (non-hydrogen) atoms. The first-order valence-corrected chi connectivity index (χ1v) is 5.03. The van der Waals surface area contributed by atoms with Gasteiger partial charge < -0.3 is 0 Å². The summed E-state index contributed by atoms with van der Waals surface area (Å²) < 4.78 is 29.1. The standard InChI is InChI=1S/C7H9NO3S.Na/c9-12(10,11)6-3-7-1-4-8-5-2-7;/h1-2,4-5H,3,6H2,(H,9,10,11);. The molecule has 0 aromatic carbocycles. The molecule has 0 spiro atoms. The van der Waals surface area contributed by atoms with E-state index in [1.165, 1.54) is 0 Å². The summed E-state index contributed by atoms with van der Waals surface area (Å²) in [6, 6.07) is 3.43. The fourth-order valence-corrected chi connectivity index (χ4v) is 1.29. The number of hydrogen-bond acceptors (Lipinski definition) is 3. The Morgan fingerprint density at radius 2 is 1.85 bits per heavy atom. The van der Waals surface area contributed by atoms with Crippen molar-refractivity contribution in [1.29, 1.82) is 0 Å². The molecule has 4 nitrogen and oxygen atoms in total. The number of pyridine rings is 1. The molecule has 6 heteroatoms. The Morgan fingerprint density at radius 3 is 2.31 bits per heavy atom. The minimum atomic E-state index is -3.84. The van der Waals surface area contributed by atoms with Crippen molar-refractivity contribution in [2.75, 3.05) is 5.75 Å². The van der Waals surface area contributed by atoms with Crippen LogP contribution in [0.15, 0.2) is 24.5 Å². The Morgan fingerprint density at radius 1 is 1.31 bits per heavy atom. The molecule has 1 aromatic heterocycles. The van der Waals surface area contributed by atoms with E-state index in [9.17, 15) is 8.42 Å². The molecule has 0 aliphatic heterocycles. The molecule has 1 N–H and O–H groups in total. The summed E-state index contributed by atoms with van der Waals surface area (Å²) in [6.07, 6.45) is 3.49. The summed E-state index contributed by atoms with van der Waals surface area (Å²) in [5, 5.41) is 0. The van der Waals surface area contributed by atoms with Crippen LogP contribution < -0.4 is 0 Å². The van der Waals surface area contributed by atoms with Gasteiger partial charge in [-0.2, -0.15) is 8.42 Å². The minimum Gasteiger partial charge on any atom is -0.286 e. The quantitative estimate of drug-likeness (QED) is 0.569. The van der Waals surface area contributed by atoms with E-state index in [1.807, 2.05) is 0 Å². The summed E-state index contributed by atoms with van der Waals surface area (Å²) in [5.74, 6) is -0.239. The van der Waals surface area contributed by atoms with Crippen molar-refractivity contribution >= 4 is 39.7 Å². The van der Waals surface area contributed by atoms with E-state index >= 15 is 0 Å². The largest absolute Gasteiger partial charge is 0.286 e. The second kappa shape index (κ2) is 5.72. The number of rotatable bonds is 3. The Bertz CT molecular complexity index is 338. The molecule has 67 valence electrons. The first kappa shape index (κ1) is 13.1. The molecular weight excluding hydrogens is 201 g/mol. The minimum absolute atomic E-state index is 0. The smallest absolute Gasteiger partial charge is 0.265 e. The van der Waals surface area contributed by atoms with Crippen LogP contribution in [-0.4, -0.2) is 53.3 Å². The monoisotopic (exact) mass is 210 g/mol. The van der Waals surface area contributed by atoms with Crippen molar-refractivity contribution < 1.29 is 13.0 Å². The van der Waals surface area contributed by atoms with Gasteiger partial charge in [0.2, 0.25) is 0 Å². The van der Waals surface area contributed by atoms with E-state index in [-0.39, 0.29) is 35.3 Å². The third-order valence-corrected chi connectivity index (χ3v) is 2.12. The molecule has 1 aromatic rings. The van der Waals surface area contributed by atoms with Crippen LogP contribution in [0.4, 0.5) is 0 Å². The molecule has 0 saturated heterocycles. The van der Waals surface area contributed by atoms with E-state index in [2.05, 4.69) is 4.98 Å². The van der Waals surface area contributed by atoms with Gasteiger partial charge in [-0.25, -0.2) is 0 Å². The van der Waals surface area contributed by atoms with Crippen LogP contribution in [0.3, 0.4) is 0 Å². The van der Waals surface area contributed by atoms with E-state index < -0.39 is 10.1 Å². The molecule has 0 fully saturated rings. The van der Waals surface area contributed by atoms with Crippen molar-refractivity contribution in [3.8, 4) is 0 Å². The molecule has 0 atom stereocenters. The molecule has 0 aliphatic carbocycles. The van der Waals surface area contributed by atoms with Gasteiger partial charge in [0.15, 0.2) is 0 Å². The first-order valence-electron chi connectivity index (χ1n) is 3.42. The molecular formula is C7H9NNaO3S. The number of aromatic nitrogens is 1. The zero-order valence-corrected chi connectivity index (χ0v) is 10.2. The van der Waals surface area contributed by atoms with Gasteiger partial charge in [0.25, 0.3) is 10.1 Å². The predicted octanol–water partition coefficient (Wildman–Crippen LogP) is 0.131. The normalized spacial score (nSPS) is 10.5. The molecule has 0 unspecified atom stereocenters. The van der Waals surface area contributed by atoms with Crippen molar-refractivity contribution in [2.45, 2.75) is 6.42 Å². The van der Waals surface area contributed by atoms with Crippen molar-refractivity contribution in [3.05, 3.63) is 30.1 Å². The van der Waals surface area contributed by atoms with Crippen LogP contribution in [0.2, 0.25) is 0 Å². The fourth-order valence-electron chi connectivity index (χ4n) is 0.796. The summed E-state index contributed by atoms with van der Waals surface area (Å²) in [7, 11) is -3.84. The van der Waals surface area contributed by atoms with Gasteiger partial charge in [-0.1, -0.05) is 0 Å². The van der Waals surface area contributed by atoms with Gasteiger partial charge in [-0.3, -0.25) is 9.54 Å². The van der Waals surface area contributed by atoms with Gasteiger partial charge in [-0.15, -0.1) is 0 Å². The number of nitrogens with zero attached hydrogens (tertiary/aromatic N) is 1. The van der Waals surface area contributed by atoms with Gasteiger partial charge in [0.05, 0.1) is 5.75 Å². The molecule has 1 radical (unpaired) electrons. The Labute approximate surface area is 99.4 Å². The van der Waals surface area contributed by atoms with Crippen molar-refractivity contribution in [2.24, 2.45) is 0 Å². The molecule has 0 aliphatic rings. The fraction of sp³-hybridized carbons (Fsp3) is 0.286. The molecule has 1 rings (SSSR count). The third-order valence-electron chi connectivity index (χ3n) is 1.40. The summed E-state index contributed by atoms with van der Waals surface area (Å²) in [6.45, 7) is 0. The van der Waals surface area contributed by atoms with Crippen LogP contribution in [0.25, 0.3) is 0 Å². The second-order valence-electron chi connectivity index (χ2n) is 2.39. The van der Waals surface area contributed by atoms with Crippen LogP contribution in [-0.2, 0) is 16.5 Å². The van der Waals surface area contributed by atoms with E-state index in [0.717, 1.165) is 5.56 Å². The van der Waals surface area contributed by atoms with E-state index in [0.29, 0.717) is 6.42 Å². The SMILES string of the molecule is O=S(=O)(O)CCc1ccncc1.[Na]. The average molecular weight is 210 g/mol. The van der Waals surface area contributed by atoms with E-state index in [4.69, 9.17) is 4.55 Å². The topological polar surface area (TPSA) is 67.3 Å². The Balaban J connectivity index is 0.00000144.